The molecular formula is C35H48N4O7S2. The van der Waals surface area contributed by atoms with Gasteiger partial charge < -0.3 is 25.2 Å². The molecule has 2 atom stereocenters. The first-order valence-electron chi connectivity index (χ1n) is 16.5. The van der Waals surface area contributed by atoms with E-state index in [2.05, 4.69) is 41.3 Å². The summed E-state index contributed by atoms with van der Waals surface area (Å²) >= 11 is 0. The molecule has 3 aromatic rings. The molecule has 0 unspecified atom stereocenters. The highest BCUT2D eigenvalue weighted by atomic mass is 32.2. The molecular weight excluding hydrogens is 653 g/mol. The third kappa shape index (κ3) is 9.21. The Hall–Kier alpha value is -2.88. The van der Waals surface area contributed by atoms with Crippen LogP contribution in [-0.4, -0.2) is 90.4 Å². The van der Waals surface area contributed by atoms with E-state index in [4.69, 9.17) is 9.47 Å². The summed E-state index contributed by atoms with van der Waals surface area (Å²) in [4.78, 5) is 0.375. The average molecular weight is 701 g/mol. The maximum absolute atomic E-state index is 13.7. The highest BCUT2D eigenvalue weighted by molar-refractivity contribution is 7.89. The van der Waals surface area contributed by atoms with Crippen LogP contribution in [0.1, 0.15) is 38.7 Å². The predicted octanol–water partition coefficient (Wildman–Crippen LogP) is 3.35. The van der Waals surface area contributed by atoms with Crippen molar-refractivity contribution in [3.63, 3.8) is 0 Å². The number of hydrogen-bond acceptors (Lipinski definition) is 9. The standard InChI is InChI=1S/C35H48N4O7S2/c1-26(2)21-37-22-27-10-12-28(13-11-27)29-6-4-9-34(18-29)48(43,44)39-16-14-35(15-17-39)20-30(24-46-35)38-23-31(40)25-45-32-7-5-8-33(19-32)47(41,42)36-3/h4-13,18-19,26,30-31,36-38,40H,14-17,20-25H2,1-3H3/t30-,31-/m0/s1. The van der Waals surface area contributed by atoms with Gasteiger partial charge in [-0.25, -0.2) is 21.6 Å². The molecule has 3 aromatic carbocycles. The van der Waals surface area contributed by atoms with E-state index >= 15 is 0 Å². The van der Waals surface area contributed by atoms with Crippen LogP contribution in [0.2, 0.25) is 0 Å². The Morgan fingerprint density at radius 2 is 1.65 bits per heavy atom. The fourth-order valence-electron chi connectivity index (χ4n) is 6.17. The molecule has 262 valence electrons. The quantitative estimate of drug-likeness (QED) is 0.188. The van der Waals surface area contributed by atoms with Crippen molar-refractivity contribution in [3.8, 4) is 16.9 Å². The lowest BCUT2D eigenvalue weighted by Crippen LogP contribution is -2.47. The summed E-state index contributed by atoms with van der Waals surface area (Å²) in [5, 5.41) is 17.3. The molecule has 0 bridgehead atoms. The minimum Gasteiger partial charge on any atom is -0.491 e. The Labute approximate surface area is 285 Å². The van der Waals surface area contributed by atoms with Gasteiger partial charge in [0.2, 0.25) is 20.0 Å². The van der Waals surface area contributed by atoms with Crippen molar-refractivity contribution in [1.82, 2.24) is 19.7 Å². The molecule has 11 nitrogen and oxygen atoms in total. The van der Waals surface area contributed by atoms with Crippen molar-refractivity contribution in [1.29, 1.82) is 0 Å². The fourth-order valence-corrected chi connectivity index (χ4v) is 8.42. The van der Waals surface area contributed by atoms with Gasteiger partial charge in [-0.2, -0.15) is 4.31 Å². The summed E-state index contributed by atoms with van der Waals surface area (Å²) in [5.41, 5.74) is 2.62. The van der Waals surface area contributed by atoms with E-state index in [1.165, 1.54) is 24.7 Å². The molecule has 2 fully saturated rings. The van der Waals surface area contributed by atoms with Crippen LogP contribution in [0.25, 0.3) is 11.1 Å². The van der Waals surface area contributed by atoms with E-state index in [9.17, 15) is 21.9 Å². The Kier molecular flexibility index (Phi) is 12.0. The third-order valence-electron chi connectivity index (χ3n) is 8.95. The first-order valence-corrected chi connectivity index (χ1v) is 19.4. The number of benzene rings is 3. The largest absolute Gasteiger partial charge is 0.491 e. The molecule has 0 saturated carbocycles. The molecule has 5 rings (SSSR count). The minimum atomic E-state index is -3.68. The first-order chi connectivity index (χ1) is 22.9. The Bertz CT molecular complexity index is 1730. The summed E-state index contributed by atoms with van der Waals surface area (Å²) in [6, 6.07) is 21.5. The number of aliphatic hydroxyl groups is 1. The zero-order valence-electron chi connectivity index (χ0n) is 27.9. The number of nitrogens with zero attached hydrogens (tertiary/aromatic N) is 1. The van der Waals surface area contributed by atoms with Gasteiger partial charge in [-0.1, -0.05) is 56.3 Å². The predicted molar refractivity (Wildman–Crippen MR) is 186 cm³/mol. The van der Waals surface area contributed by atoms with Crippen molar-refractivity contribution < 1.29 is 31.4 Å². The van der Waals surface area contributed by atoms with Gasteiger partial charge in [0.1, 0.15) is 18.5 Å². The lowest BCUT2D eigenvalue weighted by atomic mass is 9.88. The van der Waals surface area contributed by atoms with Crippen LogP contribution in [0, 0.1) is 5.92 Å². The monoisotopic (exact) mass is 700 g/mol. The zero-order chi connectivity index (χ0) is 34.4. The average Bonchev–Trinajstić information content (AvgIpc) is 3.48. The van der Waals surface area contributed by atoms with Crippen LogP contribution in [0.3, 0.4) is 0 Å². The summed E-state index contributed by atoms with van der Waals surface area (Å²) in [7, 11) is -5.93. The summed E-state index contributed by atoms with van der Waals surface area (Å²) in [6.45, 7) is 7.58. The van der Waals surface area contributed by atoms with E-state index in [1.54, 1.807) is 34.6 Å². The molecule has 0 radical (unpaired) electrons. The van der Waals surface area contributed by atoms with Crippen LogP contribution in [0.15, 0.2) is 82.6 Å². The molecule has 2 heterocycles. The number of rotatable bonds is 15. The van der Waals surface area contributed by atoms with Gasteiger partial charge >= 0.3 is 0 Å². The molecule has 0 amide bonds. The highest BCUT2D eigenvalue weighted by Gasteiger charge is 2.44. The summed E-state index contributed by atoms with van der Waals surface area (Å²) < 4.78 is 67.1. The fraction of sp³-hybridized carbons (Fsp3) is 0.486. The SMILES string of the molecule is CNS(=O)(=O)c1cccc(OC[C@@H](O)CN[C@@H]2COC3(CCN(S(=O)(=O)c4cccc(-c5ccc(CNCC(C)C)cc5)c4)CC3)C2)c1. The van der Waals surface area contributed by atoms with Crippen molar-refractivity contribution in [2.75, 3.05) is 46.4 Å². The number of piperidine rings is 1. The van der Waals surface area contributed by atoms with Crippen molar-refractivity contribution in [2.24, 2.45) is 5.92 Å². The van der Waals surface area contributed by atoms with Crippen LogP contribution in [-0.2, 0) is 31.3 Å². The second-order valence-corrected chi connectivity index (χ2v) is 16.9. The number of nitrogens with one attached hydrogen (secondary N) is 3. The number of aliphatic hydroxyl groups excluding tert-OH is 1. The topological polar surface area (TPSA) is 146 Å². The number of sulfonamides is 2. The zero-order valence-corrected chi connectivity index (χ0v) is 29.5. The molecule has 48 heavy (non-hydrogen) atoms. The van der Waals surface area contributed by atoms with Crippen LogP contribution in [0.4, 0.5) is 0 Å². The van der Waals surface area contributed by atoms with Crippen LogP contribution < -0.4 is 20.1 Å². The second-order valence-electron chi connectivity index (χ2n) is 13.1. The maximum atomic E-state index is 13.7. The molecule has 4 N–H and O–H groups in total. The van der Waals surface area contributed by atoms with E-state index in [0.29, 0.717) is 44.2 Å². The van der Waals surface area contributed by atoms with Crippen molar-refractivity contribution in [2.45, 2.75) is 67.2 Å². The van der Waals surface area contributed by atoms with Crippen molar-refractivity contribution >= 4 is 20.0 Å². The number of hydrogen-bond donors (Lipinski definition) is 4. The smallest absolute Gasteiger partial charge is 0.243 e. The molecule has 2 aliphatic rings. The molecule has 13 heteroatoms. The highest BCUT2D eigenvalue weighted by Crippen LogP contribution is 2.37. The lowest BCUT2D eigenvalue weighted by Gasteiger charge is -2.38. The third-order valence-corrected chi connectivity index (χ3v) is 12.3. The van der Waals surface area contributed by atoms with Crippen LogP contribution in [0.5, 0.6) is 5.75 Å². The van der Waals surface area contributed by atoms with Gasteiger partial charge in [0, 0.05) is 38.3 Å². The van der Waals surface area contributed by atoms with E-state index < -0.39 is 31.8 Å². The summed E-state index contributed by atoms with van der Waals surface area (Å²) in [5.74, 6) is 0.935. The molecule has 2 saturated heterocycles. The van der Waals surface area contributed by atoms with E-state index in [0.717, 1.165) is 30.6 Å². The first kappa shape index (κ1) is 36.4. The molecule has 0 aromatic heterocycles. The summed E-state index contributed by atoms with van der Waals surface area (Å²) in [6.07, 6.45) is 1.08. The minimum absolute atomic E-state index is 0.00990. The lowest BCUT2D eigenvalue weighted by molar-refractivity contribution is -0.0312. The van der Waals surface area contributed by atoms with Gasteiger partial charge in [0.05, 0.1) is 22.0 Å². The van der Waals surface area contributed by atoms with Crippen LogP contribution >= 0.6 is 0 Å². The second kappa shape index (κ2) is 15.8. The Balaban J connectivity index is 1.09. The van der Waals surface area contributed by atoms with Gasteiger partial charge in [-0.15, -0.1) is 0 Å². The number of ether oxygens (including phenoxy) is 2. The van der Waals surface area contributed by atoms with Crippen molar-refractivity contribution in [3.05, 3.63) is 78.4 Å². The molecule has 1 spiro atoms. The van der Waals surface area contributed by atoms with E-state index in [-0.39, 0.29) is 29.0 Å². The van der Waals surface area contributed by atoms with Gasteiger partial charge in [0.25, 0.3) is 0 Å². The molecule has 2 aliphatic heterocycles. The Morgan fingerprint density at radius 3 is 2.35 bits per heavy atom. The Morgan fingerprint density at radius 1 is 0.938 bits per heavy atom. The van der Waals surface area contributed by atoms with Gasteiger partial charge in [0.15, 0.2) is 0 Å². The van der Waals surface area contributed by atoms with E-state index in [1.807, 2.05) is 18.2 Å². The maximum Gasteiger partial charge on any atom is 0.243 e. The normalized spacial score (nSPS) is 19.1. The molecule has 0 aliphatic carbocycles. The van der Waals surface area contributed by atoms with Gasteiger partial charge in [-0.3, -0.25) is 0 Å². The van der Waals surface area contributed by atoms with Gasteiger partial charge in [-0.05, 0) is 79.7 Å².